The van der Waals surface area contributed by atoms with Crippen LogP contribution in [-0.2, 0) is 0 Å². The Morgan fingerprint density at radius 2 is 2.21 bits per heavy atom. The SMILES string of the molecule is CC(O)CCNc1c([N+](=O)[O-])cnc2ccccc12. The van der Waals surface area contributed by atoms with Gasteiger partial charge in [-0.25, -0.2) is 4.98 Å². The Labute approximate surface area is 110 Å². The van der Waals surface area contributed by atoms with Crippen molar-refractivity contribution in [3.63, 3.8) is 0 Å². The molecule has 0 fully saturated rings. The molecule has 1 unspecified atom stereocenters. The van der Waals surface area contributed by atoms with E-state index in [-0.39, 0.29) is 5.69 Å². The van der Waals surface area contributed by atoms with Gasteiger partial charge in [-0.3, -0.25) is 10.1 Å². The van der Waals surface area contributed by atoms with E-state index in [4.69, 9.17) is 0 Å². The normalized spacial score (nSPS) is 12.3. The summed E-state index contributed by atoms with van der Waals surface area (Å²) in [5.74, 6) is 0. The van der Waals surface area contributed by atoms with Gasteiger partial charge in [0.2, 0.25) is 0 Å². The first-order chi connectivity index (χ1) is 9.09. The first-order valence-corrected chi connectivity index (χ1v) is 6.03. The van der Waals surface area contributed by atoms with E-state index in [0.29, 0.717) is 29.6 Å². The van der Waals surface area contributed by atoms with Gasteiger partial charge in [0, 0.05) is 11.9 Å². The predicted octanol–water partition coefficient (Wildman–Crippen LogP) is 2.33. The summed E-state index contributed by atoms with van der Waals surface area (Å²) in [6.45, 7) is 2.15. The number of nitro groups is 1. The van der Waals surface area contributed by atoms with Gasteiger partial charge >= 0.3 is 5.69 Å². The Kier molecular flexibility index (Phi) is 3.91. The maximum absolute atomic E-state index is 11.0. The number of hydrogen-bond acceptors (Lipinski definition) is 5. The number of aliphatic hydroxyl groups is 1. The number of fused-ring (bicyclic) bond motifs is 1. The van der Waals surface area contributed by atoms with E-state index in [0.717, 1.165) is 0 Å². The number of rotatable bonds is 5. The number of nitrogens with one attached hydrogen (secondary N) is 1. The first kappa shape index (κ1) is 13.2. The van der Waals surface area contributed by atoms with Crippen LogP contribution in [0.1, 0.15) is 13.3 Å². The van der Waals surface area contributed by atoms with Crippen LogP contribution in [0.2, 0.25) is 0 Å². The number of para-hydroxylation sites is 1. The highest BCUT2D eigenvalue weighted by molar-refractivity contribution is 5.95. The van der Waals surface area contributed by atoms with Crippen molar-refractivity contribution in [2.45, 2.75) is 19.4 Å². The van der Waals surface area contributed by atoms with Crippen LogP contribution in [0.15, 0.2) is 30.5 Å². The smallest absolute Gasteiger partial charge is 0.311 e. The highest BCUT2D eigenvalue weighted by atomic mass is 16.6. The summed E-state index contributed by atoms with van der Waals surface area (Å²) in [5, 5.41) is 24.0. The second kappa shape index (κ2) is 5.62. The maximum Gasteiger partial charge on any atom is 0.311 e. The van der Waals surface area contributed by atoms with Crippen LogP contribution in [0, 0.1) is 10.1 Å². The van der Waals surface area contributed by atoms with Gasteiger partial charge in [-0.1, -0.05) is 18.2 Å². The third kappa shape index (κ3) is 2.97. The number of nitrogens with zero attached hydrogens (tertiary/aromatic N) is 2. The summed E-state index contributed by atoms with van der Waals surface area (Å²) in [4.78, 5) is 14.7. The fourth-order valence-corrected chi connectivity index (χ4v) is 1.86. The van der Waals surface area contributed by atoms with E-state index in [1.54, 1.807) is 19.1 Å². The lowest BCUT2D eigenvalue weighted by Gasteiger charge is -2.10. The molecule has 0 aliphatic heterocycles. The lowest BCUT2D eigenvalue weighted by atomic mass is 10.1. The van der Waals surface area contributed by atoms with Crippen LogP contribution in [0.4, 0.5) is 11.4 Å². The lowest BCUT2D eigenvalue weighted by Crippen LogP contribution is -2.11. The van der Waals surface area contributed by atoms with Crippen molar-refractivity contribution in [3.05, 3.63) is 40.6 Å². The summed E-state index contributed by atoms with van der Waals surface area (Å²) in [7, 11) is 0. The summed E-state index contributed by atoms with van der Waals surface area (Å²) < 4.78 is 0. The van der Waals surface area contributed by atoms with Crippen molar-refractivity contribution in [1.82, 2.24) is 4.98 Å². The monoisotopic (exact) mass is 261 g/mol. The molecule has 2 aromatic rings. The Balaban J connectivity index is 2.41. The van der Waals surface area contributed by atoms with Crippen LogP contribution in [0.3, 0.4) is 0 Å². The van der Waals surface area contributed by atoms with Crippen LogP contribution < -0.4 is 5.32 Å². The molecule has 6 heteroatoms. The number of aromatic nitrogens is 1. The molecule has 0 radical (unpaired) electrons. The molecule has 1 atom stereocenters. The first-order valence-electron chi connectivity index (χ1n) is 6.03. The third-order valence-electron chi connectivity index (χ3n) is 2.82. The number of aliphatic hydroxyl groups excluding tert-OH is 1. The van der Waals surface area contributed by atoms with Gasteiger partial charge in [-0.2, -0.15) is 0 Å². The van der Waals surface area contributed by atoms with Crippen molar-refractivity contribution in [2.75, 3.05) is 11.9 Å². The lowest BCUT2D eigenvalue weighted by molar-refractivity contribution is -0.384. The molecule has 1 heterocycles. The maximum atomic E-state index is 11.0. The number of pyridine rings is 1. The van der Waals surface area contributed by atoms with Gasteiger partial charge in [0.05, 0.1) is 16.5 Å². The van der Waals surface area contributed by atoms with Gasteiger partial charge in [-0.05, 0) is 19.4 Å². The van der Waals surface area contributed by atoms with Gasteiger partial charge < -0.3 is 10.4 Å². The van der Waals surface area contributed by atoms with Crippen molar-refractivity contribution in [1.29, 1.82) is 0 Å². The fourth-order valence-electron chi connectivity index (χ4n) is 1.86. The summed E-state index contributed by atoms with van der Waals surface area (Å²) in [5.41, 5.74) is 1.10. The molecular formula is C13H15N3O3. The Hall–Kier alpha value is -2.21. The minimum atomic E-state index is -0.454. The molecule has 2 rings (SSSR count). The molecule has 0 bridgehead atoms. The molecule has 2 N–H and O–H groups in total. The van der Waals surface area contributed by atoms with E-state index in [1.807, 2.05) is 12.1 Å². The van der Waals surface area contributed by atoms with Crippen LogP contribution >= 0.6 is 0 Å². The summed E-state index contributed by atoms with van der Waals surface area (Å²) >= 11 is 0. The van der Waals surface area contributed by atoms with E-state index in [2.05, 4.69) is 10.3 Å². The number of anilines is 1. The summed E-state index contributed by atoms with van der Waals surface area (Å²) in [6.07, 6.45) is 1.33. The van der Waals surface area contributed by atoms with Gasteiger partial charge in [0.15, 0.2) is 0 Å². The molecule has 0 aliphatic carbocycles. The summed E-state index contributed by atoms with van der Waals surface area (Å²) in [6, 6.07) is 7.24. The zero-order chi connectivity index (χ0) is 13.8. The molecule has 0 amide bonds. The van der Waals surface area contributed by atoms with E-state index in [1.165, 1.54) is 6.20 Å². The van der Waals surface area contributed by atoms with Crippen molar-refractivity contribution < 1.29 is 10.0 Å². The largest absolute Gasteiger partial charge is 0.393 e. The molecule has 0 saturated carbocycles. The van der Waals surface area contributed by atoms with E-state index < -0.39 is 11.0 Å². The second-order valence-corrected chi connectivity index (χ2v) is 4.36. The van der Waals surface area contributed by atoms with Gasteiger partial charge in [0.25, 0.3) is 0 Å². The van der Waals surface area contributed by atoms with Gasteiger partial charge in [0.1, 0.15) is 11.9 Å². The Morgan fingerprint density at radius 1 is 1.47 bits per heavy atom. The van der Waals surface area contributed by atoms with Crippen LogP contribution in [0.5, 0.6) is 0 Å². The molecule has 6 nitrogen and oxygen atoms in total. The second-order valence-electron chi connectivity index (χ2n) is 4.36. The zero-order valence-corrected chi connectivity index (χ0v) is 10.5. The highest BCUT2D eigenvalue weighted by Gasteiger charge is 2.17. The number of benzene rings is 1. The quantitative estimate of drug-likeness (QED) is 0.637. The molecular weight excluding hydrogens is 246 g/mol. The van der Waals surface area contributed by atoms with Gasteiger partial charge in [-0.15, -0.1) is 0 Å². The fraction of sp³-hybridized carbons (Fsp3) is 0.308. The van der Waals surface area contributed by atoms with Crippen molar-refractivity contribution >= 4 is 22.3 Å². The standard InChI is InChI=1S/C13H15N3O3/c1-9(17)6-7-14-13-10-4-2-3-5-11(10)15-8-12(13)16(18)19/h2-5,8-9,17H,6-7H2,1H3,(H,14,15). The molecule has 1 aromatic heterocycles. The van der Waals surface area contributed by atoms with Crippen LogP contribution in [-0.4, -0.2) is 27.7 Å². The molecule has 1 aromatic carbocycles. The topological polar surface area (TPSA) is 88.3 Å². The van der Waals surface area contributed by atoms with Crippen LogP contribution in [0.25, 0.3) is 10.9 Å². The zero-order valence-electron chi connectivity index (χ0n) is 10.5. The molecule has 0 spiro atoms. The minimum absolute atomic E-state index is 0.0516. The Morgan fingerprint density at radius 3 is 2.89 bits per heavy atom. The third-order valence-corrected chi connectivity index (χ3v) is 2.82. The van der Waals surface area contributed by atoms with E-state index in [9.17, 15) is 15.2 Å². The molecule has 19 heavy (non-hydrogen) atoms. The highest BCUT2D eigenvalue weighted by Crippen LogP contribution is 2.31. The van der Waals surface area contributed by atoms with Crippen molar-refractivity contribution in [3.8, 4) is 0 Å². The Bertz CT molecular complexity index is 599. The predicted molar refractivity (Wildman–Crippen MR) is 73.2 cm³/mol. The molecule has 0 saturated heterocycles. The average Bonchev–Trinajstić information content (AvgIpc) is 2.38. The number of hydrogen-bond donors (Lipinski definition) is 2. The average molecular weight is 261 g/mol. The van der Waals surface area contributed by atoms with Crippen molar-refractivity contribution in [2.24, 2.45) is 0 Å². The van der Waals surface area contributed by atoms with E-state index >= 15 is 0 Å². The molecule has 100 valence electrons. The minimum Gasteiger partial charge on any atom is -0.393 e. The molecule has 0 aliphatic rings.